The van der Waals surface area contributed by atoms with Crippen molar-refractivity contribution in [3.8, 4) is 17.3 Å². The molecule has 0 aromatic carbocycles. The smallest absolute Gasteiger partial charge is 0.240 e. The van der Waals surface area contributed by atoms with Gasteiger partial charge >= 0.3 is 0 Å². The van der Waals surface area contributed by atoms with E-state index in [1.165, 1.54) is 0 Å². The predicted molar refractivity (Wildman–Crippen MR) is 84.8 cm³/mol. The molecule has 1 unspecified atom stereocenters. The fourth-order valence-electron chi connectivity index (χ4n) is 2.89. The van der Waals surface area contributed by atoms with Crippen molar-refractivity contribution in [1.82, 2.24) is 20.3 Å². The number of amides is 1. The van der Waals surface area contributed by atoms with Crippen LogP contribution in [0.4, 0.5) is 0 Å². The average molecular weight is 313 g/mol. The van der Waals surface area contributed by atoms with Crippen molar-refractivity contribution in [3.63, 3.8) is 0 Å². The highest BCUT2D eigenvalue weighted by atomic mass is 16.5. The normalized spacial score (nSPS) is 14.3. The number of hydrogen-bond donors (Lipinski definition) is 2. The van der Waals surface area contributed by atoms with Gasteiger partial charge in [0.1, 0.15) is 17.5 Å². The molecule has 7 nitrogen and oxygen atoms in total. The van der Waals surface area contributed by atoms with Gasteiger partial charge < -0.3 is 15.8 Å². The maximum Gasteiger partial charge on any atom is 0.240 e. The van der Waals surface area contributed by atoms with E-state index in [0.717, 1.165) is 30.5 Å². The number of carbonyl (C=O) groups is 1. The minimum Gasteiger partial charge on any atom is -0.497 e. The first-order valence-electron chi connectivity index (χ1n) is 7.50. The number of likely N-dealkylation sites (N-methyl/N-ethyl adjacent to an activating group) is 1. The molecule has 2 aromatic rings. The highest BCUT2D eigenvalue weighted by Gasteiger charge is 2.27. The van der Waals surface area contributed by atoms with E-state index in [1.54, 1.807) is 32.5 Å². The number of nitrogens with zero attached hydrogens (tertiary/aromatic N) is 3. The van der Waals surface area contributed by atoms with E-state index in [9.17, 15) is 4.79 Å². The zero-order chi connectivity index (χ0) is 16.4. The first kappa shape index (κ1) is 15.4. The second kappa shape index (κ2) is 6.29. The van der Waals surface area contributed by atoms with E-state index >= 15 is 0 Å². The van der Waals surface area contributed by atoms with E-state index < -0.39 is 11.9 Å². The lowest BCUT2D eigenvalue weighted by Gasteiger charge is -2.16. The summed E-state index contributed by atoms with van der Waals surface area (Å²) in [5.74, 6) is 0.714. The number of hydrogen-bond acceptors (Lipinski definition) is 6. The molecule has 1 aliphatic rings. The second-order valence-corrected chi connectivity index (χ2v) is 5.42. The number of fused-ring (bicyclic) bond motifs is 1. The van der Waals surface area contributed by atoms with Crippen LogP contribution in [0, 0.1) is 0 Å². The Kier molecular flexibility index (Phi) is 4.20. The molecule has 2 heterocycles. The molecule has 0 radical (unpaired) electrons. The van der Waals surface area contributed by atoms with Crippen molar-refractivity contribution in [2.24, 2.45) is 5.73 Å². The lowest BCUT2D eigenvalue weighted by atomic mass is 10.1. The molecule has 3 N–H and O–H groups in total. The molecule has 1 aliphatic carbocycles. The van der Waals surface area contributed by atoms with Crippen LogP contribution in [0.3, 0.4) is 0 Å². The predicted octanol–water partition coefficient (Wildman–Crippen LogP) is 0.782. The van der Waals surface area contributed by atoms with Crippen LogP contribution in [0.5, 0.6) is 5.75 Å². The number of pyridine rings is 1. The van der Waals surface area contributed by atoms with Crippen LogP contribution in [0.2, 0.25) is 0 Å². The molecular weight excluding hydrogens is 294 g/mol. The number of methoxy groups -OCH3 is 1. The van der Waals surface area contributed by atoms with E-state index in [0.29, 0.717) is 23.0 Å². The molecule has 0 saturated heterocycles. The molecule has 0 saturated carbocycles. The molecule has 0 bridgehead atoms. The number of aromatic nitrogens is 3. The number of nitrogens with two attached hydrogens (primary N) is 1. The van der Waals surface area contributed by atoms with E-state index in [1.807, 2.05) is 0 Å². The maximum absolute atomic E-state index is 11.7. The first-order chi connectivity index (χ1) is 11.1. The maximum atomic E-state index is 11.7. The number of ether oxygens (including phenoxy) is 1. The summed E-state index contributed by atoms with van der Waals surface area (Å²) in [5.41, 5.74) is 8.77. The Bertz CT molecular complexity index is 747. The van der Waals surface area contributed by atoms with Gasteiger partial charge in [-0.05, 0) is 37.9 Å². The van der Waals surface area contributed by atoms with Gasteiger partial charge in [0.05, 0.1) is 12.8 Å². The van der Waals surface area contributed by atoms with Crippen LogP contribution in [0.15, 0.2) is 18.3 Å². The van der Waals surface area contributed by atoms with Crippen molar-refractivity contribution in [1.29, 1.82) is 0 Å². The Morgan fingerprint density at radius 2 is 2.22 bits per heavy atom. The SMILES string of the molecule is CNC(C(N)=O)c1nc(-c2cc(OC)ccn2)nc2c1CCC2. The summed E-state index contributed by atoms with van der Waals surface area (Å²) in [5, 5.41) is 2.94. The minimum atomic E-state index is -0.630. The Morgan fingerprint density at radius 1 is 1.39 bits per heavy atom. The van der Waals surface area contributed by atoms with Gasteiger partial charge in [-0.25, -0.2) is 9.97 Å². The number of rotatable bonds is 5. The zero-order valence-electron chi connectivity index (χ0n) is 13.2. The quantitative estimate of drug-likeness (QED) is 0.845. The lowest BCUT2D eigenvalue weighted by Crippen LogP contribution is -2.33. The summed E-state index contributed by atoms with van der Waals surface area (Å²) < 4.78 is 5.22. The molecule has 3 rings (SSSR count). The third kappa shape index (κ3) is 2.87. The lowest BCUT2D eigenvalue weighted by molar-refractivity contribution is -0.120. The third-order valence-electron chi connectivity index (χ3n) is 4.01. The van der Waals surface area contributed by atoms with Crippen LogP contribution in [-0.4, -0.2) is 35.0 Å². The highest BCUT2D eigenvalue weighted by molar-refractivity contribution is 5.81. The molecule has 1 atom stereocenters. The second-order valence-electron chi connectivity index (χ2n) is 5.42. The molecule has 7 heteroatoms. The molecule has 120 valence electrons. The zero-order valence-corrected chi connectivity index (χ0v) is 13.2. The topological polar surface area (TPSA) is 103 Å². The molecule has 1 amide bonds. The Labute approximate surface area is 134 Å². The van der Waals surface area contributed by atoms with Gasteiger partial charge in [-0.15, -0.1) is 0 Å². The number of aryl methyl sites for hydroxylation is 1. The number of carbonyl (C=O) groups excluding carboxylic acids is 1. The Hall–Kier alpha value is -2.54. The summed E-state index contributed by atoms with van der Waals surface area (Å²) in [6.07, 6.45) is 4.38. The summed E-state index contributed by atoms with van der Waals surface area (Å²) >= 11 is 0. The average Bonchev–Trinajstić information content (AvgIpc) is 3.03. The van der Waals surface area contributed by atoms with Crippen LogP contribution in [-0.2, 0) is 17.6 Å². The van der Waals surface area contributed by atoms with Crippen molar-refractivity contribution in [2.45, 2.75) is 25.3 Å². The van der Waals surface area contributed by atoms with Crippen LogP contribution in [0.1, 0.15) is 29.4 Å². The summed E-state index contributed by atoms with van der Waals surface area (Å²) in [6, 6.07) is 2.91. The van der Waals surface area contributed by atoms with Crippen LogP contribution >= 0.6 is 0 Å². The van der Waals surface area contributed by atoms with Crippen LogP contribution < -0.4 is 15.8 Å². The van der Waals surface area contributed by atoms with Gasteiger partial charge in [0.15, 0.2) is 5.82 Å². The van der Waals surface area contributed by atoms with Gasteiger partial charge in [-0.1, -0.05) is 0 Å². The number of nitrogens with one attached hydrogen (secondary N) is 1. The largest absolute Gasteiger partial charge is 0.497 e. The molecule has 2 aromatic heterocycles. The molecule has 23 heavy (non-hydrogen) atoms. The summed E-state index contributed by atoms with van der Waals surface area (Å²) in [6.45, 7) is 0. The molecule has 0 spiro atoms. The minimum absolute atomic E-state index is 0.454. The van der Waals surface area contributed by atoms with Crippen molar-refractivity contribution < 1.29 is 9.53 Å². The molecular formula is C16H19N5O2. The van der Waals surface area contributed by atoms with Crippen molar-refractivity contribution in [3.05, 3.63) is 35.3 Å². The van der Waals surface area contributed by atoms with Gasteiger partial charge in [0.25, 0.3) is 0 Å². The summed E-state index contributed by atoms with van der Waals surface area (Å²) in [7, 11) is 3.29. The highest BCUT2D eigenvalue weighted by Crippen LogP contribution is 2.29. The summed E-state index contributed by atoms with van der Waals surface area (Å²) in [4.78, 5) is 25.3. The number of primary amides is 1. The van der Waals surface area contributed by atoms with Gasteiger partial charge in [-0.2, -0.15) is 0 Å². The standard InChI is InChI=1S/C16H19N5O2/c1-18-14(15(17)22)13-10-4-3-5-11(10)20-16(21-13)12-8-9(23-2)6-7-19-12/h6-8,14,18H,3-5H2,1-2H3,(H2,17,22). The first-order valence-corrected chi connectivity index (χ1v) is 7.50. The monoisotopic (exact) mass is 313 g/mol. The molecule has 0 fully saturated rings. The van der Waals surface area contributed by atoms with Crippen molar-refractivity contribution in [2.75, 3.05) is 14.2 Å². The third-order valence-corrected chi connectivity index (χ3v) is 4.01. The molecule has 0 aliphatic heterocycles. The van der Waals surface area contributed by atoms with Gasteiger partial charge in [-0.3, -0.25) is 9.78 Å². The fourth-order valence-corrected chi connectivity index (χ4v) is 2.89. The van der Waals surface area contributed by atoms with Gasteiger partial charge in [0.2, 0.25) is 5.91 Å². The Balaban J connectivity index is 2.14. The van der Waals surface area contributed by atoms with E-state index in [2.05, 4.69) is 20.3 Å². The van der Waals surface area contributed by atoms with Crippen molar-refractivity contribution >= 4 is 5.91 Å². The van der Waals surface area contributed by atoms with E-state index in [-0.39, 0.29) is 0 Å². The fraction of sp³-hybridized carbons (Fsp3) is 0.375. The van der Waals surface area contributed by atoms with Crippen LogP contribution in [0.25, 0.3) is 11.5 Å². The van der Waals surface area contributed by atoms with Gasteiger partial charge in [0, 0.05) is 18.0 Å². The Morgan fingerprint density at radius 3 is 2.91 bits per heavy atom. The van der Waals surface area contributed by atoms with E-state index in [4.69, 9.17) is 10.5 Å².